The number of hydrogen-bond donors (Lipinski definition) is 0. The minimum Gasteiger partial charge on any atom is -0.371 e. The van der Waals surface area contributed by atoms with E-state index < -0.39 is 0 Å². The van der Waals surface area contributed by atoms with Gasteiger partial charge in [-0.1, -0.05) is 17.7 Å². The Labute approximate surface area is 101 Å². The molecule has 0 saturated carbocycles. The molecule has 1 aromatic rings. The lowest BCUT2D eigenvalue weighted by atomic mass is 10.1. The number of hydrogen-bond acceptors (Lipinski definition) is 1. The Balaban J connectivity index is 2.27. The highest BCUT2D eigenvalue weighted by atomic mass is 35.5. The molecule has 0 aliphatic carbocycles. The lowest BCUT2D eigenvalue weighted by molar-refractivity contribution is 0.577. The molecule has 0 aromatic heterocycles. The lowest BCUT2D eigenvalue weighted by Crippen LogP contribution is -2.30. The zero-order chi connectivity index (χ0) is 10.7. The van der Waals surface area contributed by atoms with Gasteiger partial charge >= 0.3 is 0 Å². The number of anilines is 1. The van der Waals surface area contributed by atoms with Gasteiger partial charge in [0.2, 0.25) is 0 Å². The van der Waals surface area contributed by atoms with Crippen molar-refractivity contribution in [2.75, 3.05) is 18.0 Å². The van der Waals surface area contributed by atoms with E-state index in [9.17, 15) is 0 Å². The number of benzene rings is 1. The van der Waals surface area contributed by atoms with Gasteiger partial charge < -0.3 is 4.90 Å². The molecule has 2 rings (SSSR count). The summed E-state index contributed by atoms with van der Waals surface area (Å²) in [4.78, 5) is 2.40. The molecule has 1 nitrogen and oxygen atoms in total. The van der Waals surface area contributed by atoms with Gasteiger partial charge in [0, 0.05) is 29.7 Å². The molecule has 0 amide bonds. The van der Waals surface area contributed by atoms with E-state index in [1.54, 1.807) is 0 Å². The minimum atomic E-state index is 0.559. The zero-order valence-electron chi connectivity index (χ0n) is 8.68. The summed E-state index contributed by atoms with van der Waals surface area (Å²) in [5.41, 5.74) is 2.40. The highest BCUT2D eigenvalue weighted by Gasteiger charge is 2.14. The first-order valence-electron chi connectivity index (χ1n) is 5.40. The Morgan fingerprint density at radius 2 is 1.87 bits per heavy atom. The molecule has 1 aliphatic heterocycles. The van der Waals surface area contributed by atoms with Crippen molar-refractivity contribution < 1.29 is 0 Å². The fraction of sp³-hybridized carbons (Fsp3) is 0.500. The molecule has 1 fully saturated rings. The molecule has 3 heteroatoms. The summed E-state index contributed by atoms with van der Waals surface area (Å²) in [7, 11) is 0. The monoisotopic (exact) mass is 243 g/mol. The van der Waals surface area contributed by atoms with Crippen LogP contribution in [-0.2, 0) is 5.88 Å². The second kappa shape index (κ2) is 5.09. The first kappa shape index (κ1) is 11.1. The normalized spacial score (nSPS) is 16.8. The van der Waals surface area contributed by atoms with E-state index in [0.717, 1.165) is 18.1 Å². The van der Waals surface area contributed by atoms with E-state index in [4.69, 9.17) is 23.2 Å². The van der Waals surface area contributed by atoms with E-state index in [0.29, 0.717) is 5.88 Å². The largest absolute Gasteiger partial charge is 0.371 e. The number of piperidine rings is 1. The van der Waals surface area contributed by atoms with Crippen LogP contribution in [0.3, 0.4) is 0 Å². The van der Waals surface area contributed by atoms with Crippen molar-refractivity contribution in [2.24, 2.45) is 0 Å². The molecule has 1 aliphatic rings. The van der Waals surface area contributed by atoms with Gasteiger partial charge in [-0.2, -0.15) is 0 Å². The van der Waals surface area contributed by atoms with Gasteiger partial charge in [0.25, 0.3) is 0 Å². The molecule has 0 spiro atoms. The van der Waals surface area contributed by atoms with E-state index >= 15 is 0 Å². The standard InChI is InChI=1S/C12H15Cl2N/c13-9-10-4-5-11(14)8-12(10)15-6-2-1-3-7-15/h4-5,8H,1-3,6-7,9H2. The summed E-state index contributed by atoms with van der Waals surface area (Å²) in [6, 6.07) is 5.97. The fourth-order valence-corrected chi connectivity index (χ4v) is 2.47. The average molecular weight is 244 g/mol. The number of alkyl halides is 1. The summed E-state index contributed by atoms with van der Waals surface area (Å²) in [5.74, 6) is 0.559. The Hall–Kier alpha value is -0.400. The maximum atomic E-state index is 6.02. The number of halogens is 2. The van der Waals surface area contributed by atoms with Crippen LogP contribution in [0.1, 0.15) is 24.8 Å². The summed E-state index contributed by atoms with van der Waals surface area (Å²) in [6.07, 6.45) is 3.88. The maximum absolute atomic E-state index is 6.02. The predicted molar refractivity (Wildman–Crippen MR) is 67.1 cm³/mol. The topological polar surface area (TPSA) is 3.24 Å². The number of nitrogens with zero attached hydrogens (tertiary/aromatic N) is 1. The molecule has 0 bridgehead atoms. The molecule has 15 heavy (non-hydrogen) atoms. The number of rotatable bonds is 2. The molecular weight excluding hydrogens is 229 g/mol. The third-order valence-electron chi connectivity index (χ3n) is 2.89. The zero-order valence-corrected chi connectivity index (χ0v) is 10.2. The summed E-state index contributed by atoms with van der Waals surface area (Å²) in [6.45, 7) is 2.26. The van der Waals surface area contributed by atoms with E-state index in [2.05, 4.69) is 4.90 Å². The minimum absolute atomic E-state index is 0.559. The second-order valence-corrected chi connectivity index (χ2v) is 4.66. The predicted octanol–water partition coefficient (Wildman–Crippen LogP) is 4.07. The summed E-state index contributed by atoms with van der Waals surface area (Å²) in [5, 5.41) is 0.796. The van der Waals surface area contributed by atoms with Gasteiger partial charge in [-0.05, 0) is 37.0 Å². The second-order valence-electron chi connectivity index (χ2n) is 3.95. The molecule has 0 unspecified atom stereocenters. The van der Waals surface area contributed by atoms with Crippen LogP contribution >= 0.6 is 23.2 Å². The lowest BCUT2D eigenvalue weighted by Gasteiger charge is -2.30. The van der Waals surface area contributed by atoms with Crippen LogP contribution in [0.25, 0.3) is 0 Å². The Kier molecular flexibility index (Phi) is 3.76. The van der Waals surface area contributed by atoms with Gasteiger partial charge in [0.05, 0.1) is 0 Å². The van der Waals surface area contributed by atoms with Crippen LogP contribution < -0.4 is 4.90 Å². The SMILES string of the molecule is ClCc1ccc(Cl)cc1N1CCCCC1. The first-order valence-corrected chi connectivity index (χ1v) is 6.32. The van der Waals surface area contributed by atoms with Crippen LogP contribution in [0.4, 0.5) is 5.69 Å². The highest BCUT2D eigenvalue weighted by Crippen LogP contribution is 2.28. The van der Waals surface area contributed by atoms with Gasteiger partial charge in [-0.25, -0.2) is 0 Å². The quantitative estimate of drug-likeness (QED) is 0.709. The Bertz CT molecular complexity index is 332. The molecule has 0 atom stereocenters. The van der Waals surface area contributed by atoms with Crippen molar-refractivity contribution in [2.45, 2.75) is 25.1 Å². The van der Waals surface area contributed by atoms with Crippen LogP contribution in [0.2, 0.25) is 5.02 Å². The summed E-state index contributed by atoms with van der Waals surface area (Å²) < 4.78 is 0. The van der Waals surface area contributed by atoms with Gasteiger partial charge in [-0.3, -0.25) is 0 Å². The molecule has 0 N–H and O–H groups in total. The van der Waals surface area contributed by atoms with Crippen LogP contribution in [-0.4, -0.2) is 13.1 Å². The first-order chi connectivity index (χ1) is 7.31. The Morgan fingerprint density at radius 3 is 2.53 bits per heavy atom. The van der Waals surface area contributed by atoms with E-state index in [1.807, 2.05) is 18.2 Å². The van der Waals surface area contributed by atoms with Crippen molar-refractivity contribution in [3.8, 4) is 0 Å². The fourth-order valence-electron chi connectivity index (χ4n) is 2.08. The van der Waals surface area contributed by atoms with Crippen LogP contribution in [0.15, 0.2) is 18.2 Å². The average Bonchev–Trinajstić information content (AvgIpc) is 2.30. The van der Waals surface area contributed by atoms with Gasteiger partial charge in [0.1, 0.15) is 0 Å². The summed E-state index contributed by atoms with van der Waals surface area (Å²) >= 11 is 12.0. The Morgan fingerprint density at radius 1 is 1.13 bits per heavy atom. The molecule has 1 heterocycles. The molecule has 1 saturated heterocycles. The van der Waals surface area contributed by atoms with Crippen LogP contribution in [0, 0.1) is 0 Å². The third-order valence-corrected chi connectivity index (χ3v) is 3.41. The molecule has 1 aromatic carbocycles. The smallest absolute Gasteiger partial charge is 0.0494 e. The van der Waals surface area contributed by atoms with Crippen molar-refractivity contribution in [3.05, 3.63) is 28.8 Å². The van der Waals surface area contributed by atoms with Gasteiger partial charge in [0.15, 0.2) is 0 Å². The van der Waals surface area contributed by atoms with Gasteiger partial charge in [-0.15, -0.1) is 11.6 Å². The molecular formula is C12H15Cl2N. The molecule has 0 radical (unpaired) electrons. The van der Waals surface area contributed by atoms with E-state index in [1.165, 1.54) is 30.5 Å². The van der Waals surface area contributed by atoms with Crippen molar-refractivity contribution in [1.29, 1.82) is 0 Å². The maximum Gasteiger partial charge on any atom is 0.0494 e. The van der Waals surface area contributed by atoms with Crippen LogP contribution in [0.5, 0.6) is 0 Å². The molecule has 82 valence electrons. The van der Waals surface area contributed by atoms with Crippen molar-refractivity contribution in [1.82, 2.24) is 0 Å². The highest BCUT2D eigenvalue weighted by molar-refractivity contribution is 6.31. The van der Waals surface area contributed by atoms with E-state index in [-0.39, 0.29) is 0 Å². The third kappa shape index (κ3) is 2.59. The van der Waals surface area contributed by atoms with Crippen molar-refractivity contribution >= 4 is 28.9 Å². The van der Waals surface area contributed by atoms with Crippen molar-refractivity contribution in [3.63, 3.8) is 0 Å².